The second kappa shape index (κ2) is 18.5. The van der Waals surface area contributed by atoms with Crippen molar-refractivity contribution in [3.8, 4) is 0 Å². The smallest absolute Gasteiger partial charge is 0.270 e. The summed E-state index contributed by atoms with van der Waals surface area (Å²) in [4.78, 5) is 27.9. The van der Waals surface area contributed by atoms with E-state index in [9.17, 15) is 9.59 Å². The number of methoxy groups -OCH3 is 1. The Morgan fingerprint density at radius 1 is 0.964 bits per heavy atom. The molecular weight excluding hydrogens is 362 g/mol. The quantitative estimate of drug-likeness (QED) is 0.0750. The maximum absolute atomic E-state index is 12.1. The van der Waals surface area contributed by atoms with Crippen LogP contribution in [-0.2, 0) is 14.3 Å². The van der Waals surface area contributed by atoms with Crippen LogP contribution in [0.2, 0.25) is 0 Å². The number of amides is 2. The Bertz CT molecular complexity index is 443. The lowest BCUT2D eigenvalue weighted by Gasteiger charge is -2.17. The third kappa shape index (κ3) is 16.3. The maximum atomic E-state index is 12.1. The van der Waals surface area contributed by atoms with Gasteiger partial charge in [0.2, 0.25) is 12.1 Å². The maximum Gasteiger partial charge on any atom is 0.270 e. The first-order valence-electron chi connectivity index (χ1n) is 10.1. The van der Waals surface area contributed by atoms with Crippen LogP contribution in [0.4, 0.5) is 0 Å². The van der Waals surface area contributed by atoms with E-state index in [0.29, 0.717) is 26.1 Å². The normalized spacial score (nSPS) is 11.6. The molecule has 0 bridgehead atoms. The molecule has 9 N–H and O–H groups in total. The molecule has 1 unspecified atom stereocenters. The van der Waals surface area contributed by atoms with Gasteiger partial charge >= 0.3 is 0 Å². The van der Waals surface area contributed by atoms with Crippen molar-refractivity contribution in [1.29, 1.82) is 0 Å². The van der Waals surface area contributed by atoms with E-state index in [1.807, 2.05) is 0 Å². The highest BCUT2D eigenvalue weighted by atomic mass is 16.5. The number of unbranched alkanes of at least 4 members (excludes halogenated alkanes) is 4. The van der Waals surface area contributed by atoms with Crippen LogP contribution in [0.15, 0.2) is 4.99 Å². The van der Waals surface area contributed by atoms with Gasteiger partial charge in [0.25, 0.3) is 5.91 Å². The molecule has 0 aromatic rings. The number of nitrogens with two attached hydrogens (primary N) is 3. The van der Waals surface area contributed by atoms with Crippen LogP contribution in [0.25, 0.3) is 0 Å². The largest absolute Gasteiger partial charge is 0.370 e. The summed E-state index contributed by atoms with van der Waals surface area (Å²) in [6.45, 7) is 3.64. The third-order valence-corrected chi connectivity index (χ3v) is 4.01. The van der Waals surface area contributed by atoms with Crippen molar-refractivity contribution >= 4 is 17.8 Å². The number of nitrogens with zero attached hydrogens (tertiary/aromatic N) is 1. The van der Waals surface area contributed by atoms with Crippen molar-refractivity contribution in [2.24, 2.45) is 22.2 Å². The summed E-state index contributed by atoms with van der Waals surface area (Å²) < 4.78 is 5.08. The molecule has 0 aliphatic rings. The molecule has 1 atom stereocenters. The molecule has 0 aromatic heterocycles. The highest BCUT2D eigenvalue weighted by Gasteiger charge is 2.19. The Kier molecular flexibility index (Phi) is 17.2. The zero-order valence-corrected chi connectivity index (χ0v) is 17.2. The molecule has 0 radical (unpaired) electrons. The van der Waals surface area contributed by atoms with Crippen LogP contribution in [0, 0.1) is 0 Å². The van der Waals surface area contributed by atoms with Crippen LogP contribution < -0.4 is 33.2 Å². The summed E-state index contributed by atoms with van der Waals surface area (Å²) in [6.07, 6.45) is 5.62. The molecular formula is C18H39N7O3. The first-order chi connectivity index (χ1) is 13.5. The Morgan fingerprint density at radius 3 is 2.32 bits per heavy atom. The number of aliphatic imine (C=N–C) groups is 1. The van der Waals surface area contributed by atoms with Gasteiger partial charge in [0.1, 0.15) is 0 Å². The molecule has 0 saturated heterocycles. The van der Waals surface area contributed by atoms with Gasteiger partial charge in [-0.1, -0.05) is 12.8 Å². The van der Waals surface area contributed by atoms with Gasteiger partial charge in [-0.2, -0.15) is 0 Å². The molecule has 0 aliphatic heterocycles. The number of nitrogens with one attached hydrogen (secondary N) is 3. The van der Waals surface area contributed by atoms with Gasteiger partial charge in [0.05, 0.1) is 0 Å². The average molecular weight is 402 g/mol. The van der Waals surface area contributed by atoms with Crippen molar-refractivity contribution in [3.05, 3.63) is 0 Å². The van der Waals surface area contributed by atoms with E-state index in [2.05, 4.69) is 20.9 Å². The summed E-state index contributed by atoms with van der Waals surface area (Å²) in [5, 5.41) is 8.67. The first kappa shape index (κ1) is 26.1. The number of hydrogen-bond donors (Lipinski definition) is 6. The predicted molar refractivity (Wildman–Crippen MR) is 111 cm³/mol. The monoisotopic (exact) mass is 401 g/mol. The van der Waals surface area contributed by atoms with Crippen molar-refractivity contribution < 1.29 is 14.3 Å². The molecule has 0 aliphatic carbocycles. The zero-order valence-electron chi connectivity index (χ0n) is 17.2. The Hall–Kier alpha value is -1.91. The summed E-state index contributed by atoms with van der Waals surface area (Å²) in [7, 11) is 1.40. The molecule has 28 heavy (non-hydrogen) atoms. The third-order valence-electron chi connectivity index (χ3n) is 4.01. The van der Waals surface area contributed by atoms with Crippen LogP contribution in [0.5, 0.6) is 0 Å². The lowest BCUT2D eigenvalue weighted by atomic mass is 10.1. The fraction of sp³-hybridized carbons (Fsp3) is 0.833. The highest BCUT2D eigenvalue weighted by molar-refractivity contribution is 5.86. The van der Waals surface area contributed by atoms with Gasteiger partial charge in [-0.25, -0.2) is 0 Å². The second-order valence-electron chi connectivity index (χ2n) is 6.54. The van der Waals surface area contributed by atoms with E-state index in [0.717, 1.165) is 58.0 Å². The number of carbonyl (C=O) groups excluding carboxylic acids is 2. The molecule has 0 saturated carbocycles. The van der Waals surface area contributed by atoms with E-state index in [-0.39, 0.29) is 17.8 Å². The van der Waals surface area contributed by atoms with Crippen molar-refractivity contribution in [3.63, 3.8) is 0 Å². The van der Waals surface area contributed by atoms with Crippen LogP contribution in [-0.4, -0.2) is 63.8 Å². The molecule has 10 heteroatoms. The van der Waals surface area contributed by atoms with Gasteiger partial charge in [-0.05, 0) is 51.7 Å². The minimum Gasteiger partial charge on any atom is -0.370 e. The molecule has 0 heterocycles. The van der Waals surface area contributed by atoms with E-state index in [1.165, 1.54) is 7.11 Å². The summed E-state index contributed by atoms with van der Waals surface area (Å²) in [6, 6.07) is 0. The van der Waals surface area contributed by atoms with Gasteiger partial charge in [-0.3, -0.25) is 14.6 Å². The molecule has 164 valence electrons. The van der Waals surface area contributed by atoms with Gasteiger partial charge in [-0.15, -0.1) is 0 Å². The lowest BCUT2D eigenvalue weighted by Crippen LogP contribution is -2.48. The fourth-order valence-corrected chi connectivity index (χ4v) is 2.44. The molecule has 0 rings (SSSR count). The van der Waals surface area contributed by atoms with Crippen LogP contribution >= 0.6 is 0 Å². The van der Waals surface area contributed by atoms with Gasteiger partial charge in [0.15, 0.2) is 5.96 Å². The number of guanidine groups is 1. The van der Waals surface area contributed by atoms with Gasteiger partial charge < -0.3 is 37.9 Å². The minimum atomic E-state index is -0.961. The van der Waals surface area contributed by atoms with Crippen LogP contribution in [0.3, 0.4) is 0 Å². The highest BCUT2D eigenvalue weighted by Crippen LogP contribution is 2.03. The Labute approximate surface area is 168 Å². The molecule has 0 aromatic carbocycles. The Morgan fingerprint density at radius 2 is 1.64 bits per heavy atom. The summed E-state index contributed by atoms with van der Waals surface area (Å²) >= 11 is 0. The standard InChI is InChI=1S/C18H39N7O3/c1-28-17(16(27)23-13-7-6-11-22-12-8-10-19)25-15(26)9-4-2-3-5-14-24-18(20)21/h17,22H,2-14,19H2,1H3,(H,23,27)(H,25,26)(H4,20,21,24). The minimum absolute atomic E-state index is 0.0995. The number of carbonyl (C=O) groups is 2. The van der Waals surface area contributed by atoms with E-state index in [4.69, 9.17) is 21.9 Å². The zero-order chi connectivity index (χ0) is 21.0. The summed E-state index contributed by atoms with van der Waals surface area (Å²) in [5.74, 6) is -0.429. The number of ether oxygens (including phenoxy) is 1. The SMILES string of the molecule is COC(NC(=O)CCCCCCN=C(N)N)C(=O)NCCCCNCCCN. The molecule has 2 amide bonds. The lowest BCUT2D eigenvalue weighted by molar-refractivity contribution is -0.139. The van der Waals surface area contributed by atoms with Gasteiger partial charge in [0, 0.05) is 26.6 Å². The van der Waals surface area contributed by atoms with Crippen molar-refractivity contribution in [1.82, 2.24) is 16.0 Å². The first-order valence-corrected chi connectivity index (χ1v) is 10.1. The Balaban J connectivity index is 3.76. The predicted octanol–water partition coefficient (Wildman–Crippen LogP) is -0.866. The van der Waals surface area contributed by atoms with E-state index in [1.54, 1.807) is 0 Å². The molecule has 10 nitrogen and oxygen atoms in total. The van der Waals surface area contributed by atoms with Crippen molar-refractivity contribution in [2.75, 3.05) is 39.8 Å². The van der Waals surface area contributed by atoms with Crippen molar-refractivity contribution in [2.45, 2.75) is 57.6 Å². The number of hydrogen-bond acceptors (Lipinski definition) is 6. The topological polar surface area (TPSA) is 170 Å². The summed E-state index contributed by atoms with van der Waals surface area (Å²) in [5.41, 5.74) is 15.9. The molecule has 0 spiro atoms. The second-order valence-corrected chi connectivity index (χ2v) is 6.54. The van der Waals surface area contributed by atoms with Crippen LogP contribution in [0.1, 0.15) is 51.4 Å². The average Bonchev–Trinajstić information content (AvgIpc) is 2.66. The molecule has 0 fully saturated rings. The number of rotatable bonds is 18. The van der Waals surface area contributed by atoms with E-state index < -0.39 is 6.23 Å². The fourth-order valence-electron chi connectivity index (χ4n) is 2.44. The van der Waals surface area contributed by atoms with E-state index >= 15 is 0 Å².